The first-order valence-corrected chi connectivity index (χ1v) is 4.25. The highest BCUT2D eigenvalue weighted by atomic mass is 35.5. The van der Waals surface area contributed by atoms with Gasteiger partial charge in [-0.25, -0.2) is 0 Å². The first-order chi connectivity index (χ1) is 6.01. The fraction of sp³-hybridized carbons (Fsp3) is 0.333. The van der Waals surface area contributed by atoms with Crippen molar-refractivity contribution in [2.75, 3.05) is 0 Å². The minimum atomic E-state index is -4.14. The molecule has 0 amide bonds. The number of alkyl halides is 4. The van der Waals surface area contributed by atoms with Gasteiger partial charge in [-0.1, -0.05) is 24.3 Å². The molecular formula is C9H8ClF3. The van der Waals surface area contributed by atoms with Gasteiger partial charge in [0.05, 0.1) is 6.42 Å². The molecule has 0 atom stereocenters. The van der Waals surface area contributed by atoms with E-state index in [0.29, 0.717) is 5.88 Å². The van der Waals surface area contributed by atoms with Gasteiger partial charge < -0.3 is 0 Å². The Morgan fingerprint density at radius 1 is 1.00 bits per heavy atom. The molecule has 0 aliphatic heterocycles. The Bertz CT molecular complexity index is 263. The monoisotopic (exact) mass is 208 g/mol. The summed E-state index contributed by atoms with van der Waals surface area (Å²) in [6.45, 7) is 0. The van der Waals surface area contributed by atoms with Crippen LogP contribution in [0.25, 0.3) is 0 Å². The zero-order valence-electron chi connectivity index (χ0n) is 6.74. The molecule has 1 rings (SSSR count). The summed E-state index contributed by atoms with van der Waals surface area (Å²) in [7, 11) is 0. The smallest absolute Gasteiger partial charge is 0.171 e. The summed E-state index contributed by atoms with van der Waals surface area (Å²) in [5, 5.41) is 0. The molecule has 4 heteroatoms. The van der Waals surface area contributed by atoms with E-state index in [1.807, 2.05) is 0 Å². The van der Waals surface area contributed by atoms with E-state index in [9.17, 15) is 13.2 Å². The Morgan fingerprint density at radius 2 is 1.46 bits per heavy atom. The fourth-order valence-corrected chi connectivity index (χ4v) is 1.16. The van der Waals surface area contributed by atoms with Crippen LogP contribution in [0.5, 0.6) is 0 Å². The van der Waals surface area contributed by atoms with Crippen molar-refractivity contribution in [3.8, 4) is 0 Å². The second-order valence-corrected chi connectivity index (χ2v) is 3.01. The molecule has 13 heavy (non-hydrogen) atoms. The SMILES string of the molecule is FC(F)(F)Cc1ccc(CCl)cc1. The van der Waals surface area contributed by atoms with Crippen LogP contribution in [0.2, 0.25) is 0 Å². The van der Waals surface area contributed by atoms with Gasteiger partial charge >= 0.3 is 6.18 Å². The van der Waals surface area contributed by atoms with Crippen molar-refractivity contribution in [2.24, 2.45) is 0 Å². The average molecular weight is 209 g/mol. The van der Waals surface area contributed by atoms with Gasteiger partial charge in [0.1, 0.15) is 0 Å². The van der Waals surface area contributed by atoms with E-state index in [1.54, 1.807) is 12.1 Å². The third kappa shape index (κ3) is 3.68. The number of hydrogen-bond donors (Lipinski definition) is 0. The van der Waals surface area contributed by atoms with Crippen LogP contribution in [0.15, 0.2) is 24.3 Å². The maximum atomic E-state index is 11.9. The number of rotatable bonds is 2. The van der Waals surface area contributed by atoms with Crippen LogP contribution in [-0.2, 0) is 12.3 Å². The van der Waals surface area contributed by atoms with Crippen LogP contribution in [0.3, 0.4) is 0 Å². The quantitative estimate of drug-likeness (QED) is 0.653. The van der Waals surface area contributed by atoms with Crippen molar-refractivity contribution in [1.29, 1.82) is 0 Å². The van der Waals surface area contributed by atoms with E-state index in [1.165, 1.54) is 12.1 Å². The zero-order valence-corrected chi connectivity index (χ0v) is 7.49. The molecule has 0 aromatic heterocycles. The van der Waals surface area contributed by atoms with Crippen molar-refractivity contribution < 1.29 is 13.2 Å². The van der Waals surface area contributed by atoms with E-state index in [4.69, 9.17) is 11.6 Å². The second kappa shape index (κ2) is 4.01. The van der Waals surface area contributed by atoms with Crippen LogP contribution in [-0.4, -0.2) is 6.18 Å². The summed E-state index contributed by atoms with van der Waals surface area (Å²) in [5.74, 6) is 0.326. The maximum Gasteiger partial charge on any atom is 0.393 e. The van der Waals surface area contributed by atoms with Gasteiger partial charge in [-0.2, -0.15) is 13.2 Å². The number of halogens is 4. The normalized spacial score (nSPS) is 11.7. The van der Waals surface area contributed by atoms with Crippen LogP contribution in [0.4, 0.5) is 13.2 Å². The van der Waals surface area contributed by atoms with Gasteiger partial charge in [0, 0.05) is 5.88 Å². The first-order valence-electron chi connectivity index (χ1n) is 3.72. The molecule has 0 N–H and O–H groups in total. The number of hydrogen-bond acceptors (Lipinski definition) is 0. The first kappa shape index (κ1) is 10.4. The van der Waals surface area contributed by atoms with Gasteiger partial charge in [-0.15, -0.1) is 11.6 Å². The molecule has 0 nitrogen and oxygen atoms in total. The Labute approximate surface area is 79.3 Å². The van der Waals surface area contributed by atoms with Crippen LogP contribution in [0, 0.1) is 0 Å². The van der Waals surface area contributed by atoms with Gasteiger partial charge in [-0.3, -0.25) is 0 Å². The van der Waals surface area contributed by atoms with Crippen LogP contribution in [0.1, 0.15) is 11.1 Å². The highest BCUT2D eigenvalue weighted by Crippen LogP contribution is 2.21. The summed E-state index contributed by atoms with van der Waals surface area (Å²) in [6.07, 6.45) is -5.02. The number of benzene rings is 1. The van der Waals surface area contributed by atoms with Crippen LogP contribution >= 0.6 is 11.6 Å². The largest absolute Gasteiger partial charge is 0.393 e. The lowest BCUT2D eigenvalue weighted by molar-refractivity contribution is -0.127. The van der Waals surface area contributed by atoms with Crippen molar-refractivity contribution in [3.05, 3.63) is 35.4 Å². The highest BCUT2D eigenvalue weighted by molar-refractivity contribution is 6.17. The molecular weight excluding hydrogens is 201 g/mol. The fourth-order valence-electron chi connectivity index (χ4n) is 0.978. The lowest BCUT2D eigenvalue weighted by Crippen LogP contribution is -2.11. The Kier molecular flexibility index (Phi) is 3.20. The lowest BCUT2D eigenvalue weighted by atomic mass is 10.1. The van der Waals surface area contributed by atoms with Gasteiger partial charge in [0.2, 0.25) is 0 Å². The molecule has 1 aromatic rings. The van der Waals surface area contributed by atoms with Crippen molar-refractivity contribution in [2.45, 2.75) is 18.5 Å². The van der Waals surface area contributed by atoms with Crippen molar-refractivity contribution in [1.82, 2.24) is 0 Å². The average Bonchev–Trinajstić information content (AvgIpc) is 2.03. The molecule has 0 unspecified atom stereocenters. The van der Waals surface area contributed by atoms with E-state index < -0.39 is 12.6 Å². The molecule has 1 aromatic carbocycles. The topological polar surface area (TPSA) is 0 Å². The minimum Gasteiger partial charge on any atom is -0.171 e. The predicted octanol–water partition coefficient (Wildman–Crippen LogP) is 3.53. The summed E-state index contributed by atoms with van der Waals surface area (Å²) in [4.78, 5) is 0. The minimum absolute atomic E-state index is 0.265. The third-order valence-electron chi connectivity index (χ3n) is 1.58. The van der Waals surface area contributed by atoms with E-state index in [-0.39, 0.29) is 5.56 Å². The van der Waals surface area contributed by atoms with E-state index >= 15 is 0 Å². The van der Waals surface area contributed by atoms with E-state index in [2.05, 4.69) is 0 Å². The zero-order chi connectivity index (χ0) is 9.90. The molecule has 0 saturated carbocycles. The molecule has 72 valence electrons. The predicted molar refractivity (Wildman–Crippen MR) is 45.8 cm³/mol. The summed E-state index contributed by atoms with van der Waals surface area (Å²) < 4.78 is 35.7. The van der Waals surface area contributed by atoms with Crippen LogP contribution < -0.4 is 0 Å². The second-order valence-electron chi connectivity index (χ2n) is 2.74. The summed E-state index contributed by atoms with van der Waals surface area (Å²) in [6, 6.07) is 6.11. The van der Waals surface area contributed by atoms with Crippen molar-refractivity contribution in [3.63, 3.8) is 0 Å². The standard InChI is InChI=1S/C9H8ClF3/c10-6-8-3-1-7(2-4-8)5-9(11,12)13/h1-4H,5-6H2. The molecule has 0 bridgehead atoms. The van der Waals surface area contributed by atoms with Gasteiger partial charge in [0.25, 0.3) is 0 Å². The Hall–Kier alpha value is -0.700. The van der Waals surface area contributed by atoms with E-state index in [0.717, 1.165) is 5.56 Å². The maximum absolute atomic E-state index is 11.9. The molecule has 0 saturated heterocycles. The van der Waals surface area contributed by atoms with Gasteiger partial charge in [-0.05, 0) is 11.1 Å². The Morgan fingerprint density at radius 3 is 1.85 bits per heavy atom. The molecule has 0 fully saturated rings. The summed E-state index contributed by atoms with van der Waals surface area (Å²) in [5.41, 5.74) is 1.09. The summed E-state index contributed by atoms with van der Waals surface area (Å²) >= 11 is 5.49. The molecule has 0 aliphatic rings. The Balaban J connectivity index is 2.70. The third-order valence-corrected chi connectivity index (χ3v) is 1.89. The lowest BCUT2D eigenvalue weighted by Gasteiger charge is -2.06. The molecule has 0 aliphatic carbocycles. The molecule has 0 radical (unpaired) electrons. The molecule has 0 spiro atoms. The highest BCUT2D eigenvalue weighted by Gasteiger charge is 2.27. The molecule has 0 heterocycles. The van der Waals surface area contributed by atoms with Gasteiger partial charge in [0.15, 0.2) is 0 Å². The van der Waals surface area contributed by atoms with Crippen molar-refractivity contribution >= 4 is 11.6 Å².